The Kier molecular flexibility index (Phi) is 4.14. The standard InChI is InChI=1S/C9H18NO2PS2/c11-13(12,14)15-4-3-10-9-6-7-1-2-8(9)5-7/h7-10H,1-6H2,(H2,11,12,14). The van der Waals surface area contributed by atoms with Gasteiger partial charge in [0.15, 0.2) is 0 Å². The van der Waals surface area contributed by atoms with Crippen molar-refractivity contribution in [3.8, 4) is 0 Å². The van der Waals surface area contributed by atoms with Gasteiger partial charge in [0.2, 0.25) is 5.69 Å². The number of rotatable bonds is 5. The summed E-state index contributed by atoms with van der Waals surface area (Å²) in [5.41, 5.74) is -3.03. The Morgan fingerprint density at radius 3 is 2.67 bits per heavy atom. The molecule has 0 radical (unpaired) electrons. The van der Waals surface area contributed by atoms with Gasteiger partial charge in [0.05, 0.1) is 0 Å². The Labute approximate surface area is 100.0 Å². The Morgan fingerprint density at radius 1 is 1.33 bits per heavy atom. The van der Waals surface area contributed by atoms with E-state index < -0.39 is 5.69 Å². The molecule has 0 aliphatic heterocycles. The quantitative estimate of drug-likeness (QED) is 0.523. The van der Waals surface area contributed by atoms with Gasteiger partial charge in [0.25, 0.3) is 0 Å². The van der Waals surface area contributed by atoms with E-state index in [9.17, 15) is 0 Å². The first-order chi connectivity index (χ1) is 7.04. The molecule has 3 nitrogen and oxygen atoms in total. The Hall–Kier alpha value is 0.880. The Bertz CT molecular complexity index is 271. The molecule has 0 spiro atoms. The summed E-state index contributed by atoms with van der Waals surface area (Å²) < 4.78 is 0. The van der Waals surface area contributed by atoms with E-state index >= 15 is 0 Å². The SMILES string of the molecule is OP(O)(=S)SCCNC1CC2CCC1C2. The van der Waals surface area contributed by atoms with Crippen LogP contribution < -0.4 is 5.32 Å². The van der Waals surface area contributed by atoms with E-state index in [1.807, 2.05) is 0 Å². The van der Waals surface area contributed by atoms with E-state index in [1.165, 1.54) is 25.7 Å². The molecule has 0 saturated heterocycles. The van der Waals surface area contributed by atoms with Crippen LogP contribution >= 0.6 is 17.1 Å². The lowest BCUT2D eigenvalue weighted by atomic mass is 9.95. The van der Waals surface area contributed by atoms with Crippen molar-refractivity contribution in [2.75, 3.05) is 12.3 Å². The summed E-state index contributed by atoms with van der Waals surface area (Å²) in [6, 6.07) is 0.680. The maximum Gasteiger partial charge on any atom is 0.242 e. The third-order valence-electron chi connectivity index (χ3n) is 3.51. The molecular weight excluding hydrogens is 249 g/mol. The average molecular weight is 267 g/mol. The van der Waals surface area contributed by atoms with Gasteiger partial charge in [-0.15, -0.1) is 0 Å². The van der Waals surface area contributed by atoms with Crippen LogP contribution in [0.2, 0.25) is 0 Å². The van der Waals surface area contributed by atoms with Crippen LogP contribution in [0.3, 0.4) is 0 Å². The number of nitrogens with one attached hydrogen (secondary N) is 1. The molecule has 0 amide bonds. The number of hydrogen-bond donors (Lipinski definition) is 3. The van der Waals surface area contributed by atoms with Gasteiger partial charge < -0.3 is 15.1 Å². The number of fused-ring (bicyclic) bond motifs is 2. The van der Waals surface area contributed by atoms with Gasteiger partial charge in [-0.1, -0.05) is 17.8 Å². The molecule has 2 aliphatic rings. The summed E-state index contributed by atoms with van der Waals surface area (Å²) in [5.74, 6) is 2.55. The van der Waals surface area contributed by atoms with Crippen molar-refractivity contribution in [3.63, 3.8) is 0 Å². The van der Waals surface area contributed by atoms with E-state index in [-0.39, 0.29) is 0 Å². The molecule has 2 fully saturated rings. The molecule has 3 unspecified atom stereocenters. The van der Waals surface area contributed by atoms with Crippen molar-refractivity contribution >= 4 is 28.9 Å². The lowest BCUT2D eigenvalue weighted by molar-refractivity contribution is 0.359. The molecule has 2 aliphatic carbocycles. The van der Waals surface area contributed by atoms with E-state index in [4.69, 9.17) is 9.79 Å². The Balaban J connectivity index is 1.61. The zero-order valence-corrected chi connectivity index (χ0v) is 11.2. The molecule has 2 saturated carbocycles. The molecule has 15 heavy (non-hydrogen) atoms. The molecule has 0 aromatic heterocycles. The average Bonchev–Trinajstić information content (AvgIpc) is 2.71. The fraction of sp³-hybridized carbons (Fsp3) is 1.00. The highest BCUT2D eigenvalue weighted by atomic mass is 32.9. The van der Waals surface area contributed by atoms with Crippen LogP contribution in [0.15, 0.2) is 0 Å². The zero-order chi connectivity index (χ0) is 10.9. The molecule has 88 valence electrons. The van der Waals surface area contributed by atoms with Crippen molar-refractivity contribution in [2.24, 2.45) is 11.8 Å². The summed E-state index contributed by atoms with van der Waals surface area (Å²) in [6.45, 7) is 0.845. The molecule has 3 N–H and O–H groups in total. The summed E-state index contributed by atoms with van der Waals surface area (Å²) in [4.78, 5) is 18.1. The lowest BCUT2D eigenvalue weighted by Gasteiger charge is -2.22. The smallest absolute Gasteiger partial charge is 0.242 e. The molecule has 3 atom stereocenters. The van der Waals surface area contributed by atoms with Gasteiger partial charge in [-0.2, -0.15) is 0 Å². The summed E-state index contributed by atoms with van der Waals surface area (Å²) in [5, 5.41) is 3.51. The molecule has 0 heterocycles. The van der Waals surface area contributed by atoms with E-state index in [0.29, 0.717) is 11.8 Å². The minimum Gasteiger partial charge on any atom is -0.338 e. The van der Waals surface area contributed by atoms with E-state index in [1.54, 1.807) is 0 Å². The fourth-order valence-electron chi connectivity index (χ4n) is 2.90. The van der Waals surface area contributed by atoms with Crippen LogP contribution in [-0.4, -0.2) is 28.1 Å². The summed E-state index contributed by atoms with van der Waals surface area (Å²) in [7, 11) is 0. The largest absolute Gasteiger partial charge is 0.338 e. The van der Waals surface area contributed by atoms with Crippen LogP contribution in [0, 0.1) is 11.8 Å². The number of hydrogen-bond acceptors (Lipinski definition) is 3. The van der Waals surface area contributed by atoms with Crippen LogP contribution in [0.5, 0.6) is 0 Å². The summed E-state index contributed by atoms with van der Waals surface area (Å²) in [6.07, 6.45) is 5.53. The van der Waals surface area contributed by atoms with Gasteiger partial charge in [-0.3, -0.25) is 0 Å². The fourth-order valence-corrected chi connectivity index (χ4v) is 5.01. The molecule has 0 aromatic rings. The minimum atomic E-state index is -3.03. The van der Waals surface area contributed by atoms with Crippen molar-refractivity contribution in [3.05, 3.63) is 0 Å². The highest BCUT2D eigenvalue weighted by Gasteiger charge is 2.38. The molecule has 2 rings (SSSR count). The zero-order valence-electron chi connectivity index (χ0n) is 8.63. The predicted octanol–water partition coefficient (Wildman–Crippen LogP) is 1.71. The monoisotopic (exact) mass is 267 g/mol. The van der Waals surface area contributed by atoms with E-state index in [2.05, 4.69) is 17.1 Å². The molecule has 2 bridgehead atoms. The highest BCUT2D eigenvalue weighted by molar-refractivity contribution is 8.67. The van der Waals surface area contributed by atoms with Crippen molar-refractivity contribution in [1.29, 1.82) is 0 Å². The van der Waals surface area contributed by atoms with Gasteiger partial charge in [-0.25, -0.2) is 0 Å². The van der Waals surface area contributed by atoms with Crippen LogP contribution in [0.4, 0.5) is 0 Å². The normalized spacial score (nSPS) is 34.9. The molecule has 0 aromatic carbocycles. The predicted molar refractivity (Wildman–Crippen MR) is 68.4 cm³/mol. The molecule has 6 heteroatoms. The third-order valence-corrected chi connectivity index (χ3v) is 6.73. The summed E-state index contributed by atoms with van der Waals surface area (Å²) >= 11 is 5.66. The first-order valence-electron chi connectivity index (χ1n) is 5.48. The van der Waals surface area contributed by atoms with Crippen molar-refractivity contribution in [1.82, 2.24) is 5.32 Å². The van der Waals surface area contributed by atoms with Crippen LogP contribution in [0.1, 0.15) is 25.7 Å². The van der Waals surface area contributed by atoms with Gasteiger partial charge in [0, 0.05) is 18.3 Å². The van der Waals surface area contributed by atoms with Gasteiger partial charge in [-0.05, 0) is 42.9 Å². The highest BCUT2D eigenvalue weighted by Crippen LogP contribution is 2.50. The second-order valence-corrected chi connectivity index (χ2v) is 10.7. The maximum absolute atomic E-state index is 9.03. The second-order valence-electron chi connectivity index (χ2n) is 4.56. The Morgan fingerprint density at radius 2 is 2.13 bits per heavy atom. The first kappa shape index (κ1) is 12.3. The van der Waals surface area contributed by atoms with Gasteiger partial charge >= 0.3 is 0 Å². The topological polar surface area (TPSA) is 52.5 Å². The second kappa shape index (κ2) is 5.03. The third kappa shape index (κ3) is 3.69. The van der Waals surface area contributed by atoms with Crippen molar-refractivity contribution in [2.45, 2.75) is 31.7 Å². The first-order valence-corrected chi connectivity index (χ1v) is 9.78. The minimum absolute atomic E-state index is 0.680. The van der Waals surface area contributed by atoms with E-state index in [0.717, 1.165) is 29.8 Å². The molecular formula is C9H18NO2PS2. The van der Waals surface area contributed by atoms with Gasteiger partial charge in [0.1, 0.15) is 0 Å². The van der Waals surface area contributed by atoms with Crippen LogP contribution in [-0.2, 0) is 11.8 Å². The maximum atomic E-state index is 9.03. The van der Waals surface area contributed by atoms with Crippen molar-refractivity contribution < 1.29 is 9.79 Å². The lowest BCUT2D eigenvalue weighted by Crippen LogP contribution is -2.35. The van der Waals surface area contributed by atoms with Crippen LogP contribution in [0.25, 0.3) is 0 Å².